The van der Waals surface area contributed by atoms with Crippen LogP contribution >= 0.6 is 0 Å². The van der Waals surface area contributed by atoms with Crippen molar-refractivity contribution in [1.29, 1.82) is 0 Å². The van der Waals surface area contributed by atoms with Crippen LogP contribution in [0.15, 0.2) is 18.3 Å². The van der Waals surface area contributed by atoms with E-state index in [1.54, 1.807) is 0 Å². The van der Waals surface area contributed by atoms with Crippen LogP contribution in [0.4, 0.5) is 14.5 Å². The van der Waals surface area contributed by atoms with E-state index in [0.29, 0.717) is 0 Å². The van der Waals surface area contributed by atoms with E-state index in [1.165, 1.54) is 21.1 Å². The Balaban J connectivity index is 2.58. The lowest BCUT2D eigenvalue weighted by Crippen LogP contribution is -2.32. The van der Waals surface area contributed by atoms with Crippen LogP contribution in [0.2, 0.25) is 0 Å². The molecule has 0 aliphatic rings. The Morgan fingerprint density at radius 2 is 2.10 bits per heavy atom. The van der Waals surface area contributed by atoms with Gasteiger partial charge < -0.3 is 14.6 Å². The number of carbonyl (C=O) groups is 1. The first-order valence-corrected chi connectivity index (χ1v) is 8.94. The molecule has 1 heterocycles. The van der Waals surface area contributed by atoms with Crippen molar-refractivity contribution < 1.29 is 34.4 Å². The molecule has 0 radical (unpaired) electrons. The fraction of sp³-hybridized carbons (Fsp3) is 0.474. The summed E-state index contributed by atoms with van der Waals surface area (Å²) < 4.78 is 48.6. The summed E-state index contributed by atoms with van der Waals surface area (Å²) in [7, 11) is 1.97. The molecule has 0 saturated carbocycles. The zero-order valence-corrected chi connectivity index (χ0v) is 16.7. The van der Waals surface area contributed by atoms with Crippen LogP contribution in [-0.4, -0.2) is 40.0 Å². The fourth-order valence-electron chi connectivity index (χ4n) is 3.22. The number of carboxylic acids is 1. The van der Waals surface area contributed by atoms with E-state index < -0.39 is 46.9 Å². The maximum absolute atomic E-state index is 14.8. The largest absolute Gasteiger partial charge is 0.481 e. The highest BCUT2D eigenvalue weighted by Crippen LogP contribution is 2.39. The molecular formula is C19H23F2N3O6. The number of halogens is 2. The molecule has 0 fully saturated rings. The van der Waals surface area contributed by atoms with Crippen LogP contribution in [0.3, 0.4) is 0 Å². The summed E-state index contributed by atoms with van der Waals surface area (Å²) in [6.07, 6.45) is 1.42. The zero-order valence-electron chi connectivity index (χ0n) is 17.7. The molecule has 9 nitrogen and oxygen atoms in total. The van der Waals surface area contributed by atoms with Gasteiger partial charge in [-0.1, -0.05) is 6.92 Å². The van der Waals surface area contributed by atoms with Gasteiger partial charge in [-0.3, -0.25) is 19.6 Å². The molecule has 0 aliphatic heterocycles. The lowest BCUT2D eigenvalue weighted by Gasteiger charge is -2.32. The van der Waals surface area contributed by atoms with Crippen molar-refractivity contribution in [2.75, 3.05) is 14.2 Å². The molecule has 11 heteroatoms. The van der Waals surface area contributed by atoms with Crippen molar-refractivity contribution in [2.24, 2.45) is 12.9 Å². The summed E-state index contributed by atoms with van der Waals surface area (Å²) in [6.45, 7) is 1.52. The van der Waals surface area contributed by atoms with Crippen LogP contribution in [0.1, 0.15) is 33.1 Å². The monoisotopic (exact) mass is 428 g/mol. The number of aliphatic carboxylic acids is 1. The van der Waals surface area contributed by atoms with Gasteiger partial charge in [-0.15, -0.1) is 0 Å². The second kappa shape index (κ2) is 9.26. The van der Waals surface area contributed by atoms with Gasteiger partial charge in [0.1, 0.15) is 11.9 Å². The number of nitro groups is 1. The number of rotatable bonds is 10. The lowest BCUT2D eigenvalue weighted by atomic mass is 9.93. The molecule has 0 unspecified atom stereocenters. The van der Waals surface area contributed by atoms with E-state index in [0.717, 1.165) is 23.0 Å². The number of hydrogen-bond acceptors (Lipinski definition) is 6. The smallest absolute Gasteiger partial charge is 0.314 e. The molecule has 30 heavy (non-hydrogen) atoms. The molecule has 0 saturated heterocycles. The number of methoxy groups -OCH3 is 2. The Hall–Kier alpha value is -2.92. The summed E-state index contributed by atoms with van der Waals surface area (Å²) in [5.74, 6) is -5.97. The van der Waals surface area contributed by atoms with E-state index >= 15 is 0 Å². The number of aryl methyl sites for hydroxylation is 1. The first-order valence-electron chi connectivity index (χ1n) is 9.65. The normalized spacial score (nSPS) is 13.2. The van der Waals surface area contributed by atoms with Crippen molar-refractivity contribution in [3.05, 3.63) is 45.6 Å². The average Bonchev–Trinajstić information content (AvgIpc) is 3.18. The predicted octanol–water partition coefficient (Wildman–Crippen LogP) is 3.61. The Morgan fingerprint density at radius 3 is 2.63 bits per heavy atom. The number of benzene rings is 1. The third-order valence-electron chi connectivity index (χ3n) is 4.95. The van der Waals surface area contributed by atoms with Gasteiger partial charge in [0.25, 0.3) is 0 Å². The standard InChI is InChI=1S/C19H23F2N3O6/c1-11(18(25)26)6-5-7-19(29-3,30-4)13-8-12(9-14(20)16(13)21)17-15(24(27)28)10-22-23(17)2/h8-11H,5-7H2,1-4H3,(H,25,26)/t11-/m1/s1/i2D. The highest BCUT2D eigenvalue weighted by atomic mass is 19.2. The Kier molecular flexibility index (Phi) is 6.73. The van der Waals surface area contributed by atoms with Gasteiger partial charge >= 0.3 is 11.7 Å². The van der Waals surface area contributed by atoms with Crippen molar-refractivity contribution in [3.8, 4) is 11.3 Å². The van der Waals surface area contributed by atoms with Crippen LogP contribution in [0.5, 0.6) is 0 Å². The molecule has 1 aromatic carbocycles. The van der Waals surface area contributed by atoms with Crippen molar-refractivity contribution in [1.82, 2.24) is 9.78 Å². The summed E-state index contributed by atoms with van der Waals surface area (Å²) in [5.41, 5.74) is -1.06. The van der Waals surface area contributed by atoms with Crippen LogP contribution in [0.25, 0.3) is 11.3 Å². The maximum Gasteiger partial charge on any atom is 0.314 e. The summed E-state index contributed by atoms with van der Waals surface area (Å²) in [6, 6.07) is 1.93. The van der Waals surface area contributed by atoms with E-state index in [9.17, 15) is 23.7 Å². The second-order valence-corrected chi connectivity index (χ2v) is 6.75. The zero-order chi connectivity index (χ0) is 23.3. The van der Waals surface area contributed by atoms with E-state index in [1.807, 2.05) is 0 Å². The molecule has 0 aliphatic carbocycles. The van der Waals surface area contributed by atoms with E-state index in [4.69, 9.17) is 16.0 Å². The molecule has 0 bridgehead atoms. The third kappa shape index (κ3) is 4.46. The first-order chi connectivity index (χ1) is 14.6. The average molecular weight is 428 g/mol. The van der Waals surface area contributed by atoms with Crippen LogP contribution in [-0.2, 0) is 27.1 Å². The molecular weight excluding hydrogens is 404 g/mol. The molecule has 1 atom stereocenters. The highest BCUT2D eigenvalue weighted by Gasteiger charge is 2.37. The molecule has 0 amide bonds. The fourth-order valence-corrected chi connectivity index (χ4v) is 3.22. The third-order valence-corrected chi connectivity index (χ3v) is 4.95. The van der Waals surface area contributed by atoms with Gasteiger partial charge in [-0.25, -0.2) is 8.78 Å². The number of ether oxygens (including phenoxy) is 2. The number of nitrogens with zero attached hydrogens (tertiary/aromatic N) is 3. The minimum absolute atomic E-state index is 0.00275. The number of aromatic nitrogens is 2. The molecule has 0 spiro atoms. The minimum atomic E-state index is -1.76. The quantitative estimate of drug-likeness (QED) is 0.349. The molecule has 1 N–H and O–H groups in total. The first kappa shape index (κ1) is 21.8. The van der Waals surface area contributed by atoms with Gasteiger partial charge in [0.05, 0.1) is 16.4 Å². The second-order valence-electron chi connectivity index (χ2n) is 6.75. The van der Waals surface area contributed by atoms with Crippen molar-refractivity contribution in [3.63, 3.8) is 0 Å². The molecule has 1 aromatic heterocycles. The molecule has 2 rings (SSSR count). The molecule has 2 aromatic rings. The van der Waals surface area contributed by atoms with Crippen LogP contribution < -0.4 is 0 Å². The van der Waals surface area contributed by atoms with Gasteiger partial charge in [0.2, 0.25) is 0 Å². The Bertz CT molecular complexity index is 964. The van der Waals surface area contributed by atoms with Gasteiger partial charge in [-0.05, 0) is 25.0 Å². The van der Waals surface area contributed by atoms with E-state index in [-0.39, 0.29) is 36.1 Å². The Labute approximate surface area is 172 Å². The minimum Gasteiger partial charge on any atom is -0.481 e. The van der Waals surface area contributed by atoms with E-state index in [2.05, 4.69) is 5.10 Å². The summed E-state index contributed by atoms with van der Waals surface area (Å²) in [4.78, 5) is 21.7. The van der Waals surface area contributed by atoms with Gasteiger partial charge in [-0.2, -0.15) is 5.10 Å². The van der Waals surface area contributed by atoms with Crippen molar-refractivity contribution >= 4 is 11.7 Å². The number of hydrogen-bond donors (Lipinski definition) is 1. The SMILES string of the molecule is [2H]Cn1ncc([N+](=O)[O-])c1-c1cc(F)c(F)c(C(CCC[C@@H](C)C(=O)O)(OC)OC)c1. The van der Waals surface area contributed by atoms with Gasteiger partial charge in [0.15, 0.2) is 17.4 Å². The summed E-state index contributed by atoms with van der Waals surface area (Å²) >= 11 is 0. The number of carboxylic acid groups (broad SMARTS) is 1. The molecule has 164 valence electrons. The topological polar surface area (TPSA) is 117 Å². The lowest BCUT2D eigenvalue weighted by molar-refractivity contribution is -0.384. The predicted molar refractivity (Wildman–Crippen MR) is 102 cm³/mol. The Morgan fingerprint density at radius 1 is 1.43 bits per heavy atom. The van der Waals surface area contributed by atoms with Crippen LogP contribution in [0, 0.1) is 27.7 Å². The van der Waals surface area contributed by atoms with Crippen molar-refractivity contribution in [2.45, 2.75) is 32.0 Å². The summed E-state index contributed by atoms with van der Waals surface area (Å²) in [5, 5.41) is 24.1. The highest BCUT2D eigenvalue weighted by molar-refractivity contribution is 5.70. The van der Waals surface area contributed by atoms with Gasteiger partial charge in [0, 0.05) is 34.6 Å². The maximum atomic E-state index is 14.8.